The van der Waals surface area contributed by atoms with Crippen molar-refractivity contribution in [2.24, 2.45) is 0 Å². The second-order valence-electron chi connectivity index (χ2n) is 1.65. The Kier molecular flexibility index (Phi) is 3.93. The molecule has 0 fully saturated rings. The summed E-state index contributed by atoms with van der Waals surface area (Å²) in [5, 5.41) is 0. The summed E-state index contributed by atoms with van der Waals surface area (Å²) in [4.78, 5) is 0. The quantitative estimate of drug-likeness (QED) is 0.505. The average Bonchev–Trinajstić information content (AvgIpc) is 1.82. The summed E-state index contributed by atoms with van der Waals surface area (Å²) in [6.45, 7) is 3.21. The van der Waals surface area contributed by atoms with E-state index in [1.807, 2.05) is 6.92 Å². The van der Waals surface area contributed by atoms with Crippen molar-refractivity contribution in [2.45, 2.75) is 20.3 Å². The van der Waals surface area contributed by atoms with Gasteiger partial charge in [0.15, 0.2) is 0 Å². The van der Waals surface area contributed by atoms with Crippen LogP contribution >= 0.6 is 0 Å². The number of hydrogen-bond donors (Lipinski definition) is 0. The summed E-state index contributed by atoms with van der Waals surface area (Å²) < 4.78 is 23.1. The van der Waals surface area contributed by atoms with Crippen LogP contribution in [0.2, 0.25) is 0 Å². The molecule has 0 aromatic carbocycles. The zero-order chi connectivity index (χ0) is 7.28. The molecule has 0 aliphatic rings. The Labute approximate surface area is 53.9 Å². The van der Waals surface area contributed by atoms with Crippen LogP contribution in [0.25, 0.3) is 0 Å². The van der Waals surface area contributed by atoms with Crippen molar-refractivity contribution < 1.29 is 8.78 Å². The normalized spacial score (nSPS) is 10.2. The van der Waals surface area contributed by atoms with Gasteiger partial charge in [0.2, 0.25) is 0 Å². The van der Waals surface area contributed by atoms with E-state index in [1.54, 1.807) is 0 Å². The van der Waals surface area contributed by atoms with Gasteiger partial charge in [-0.15, -0.1) is 0 Å². The van der Waals surface area contributed by atoms with Gasteiger partial charge in [-0.25, -0.2) is 0 Å². The molecule has 51 valence electrons. The first-order valence-electron chi connectivity index (χ1n) is 2.77. The first-order valence-corrected chi connectivity index (χ1v) is 2.77. The standard InChI is InChI=1S/C7H9F2/c1-3-4-5-6(2)7(8)9/h5H,3H2,1-2H3. The minimum absolute atomic E-state index is 0.00292. The molecule has 0 atom stereocenters. The summed E-state index contributed by atoms with van der Waals surface area (Å²) in [6, 6.07) is 0. The minimum Gasteiger partial charge on any atom is -0.173 e. The Hall–Kier alpha value is -0.660. The van der Waals surface area contributed by atoms with E-state index < -0.39 is 6.08 Å². The first kappa shape index (κ1) is 8.34. The fourth-order valence-electron chi connectivity index (χ4n) is 0.310. The highest BCUT2D eigenvalue weighted by atomic mass is 19.3. The first-order chi connectivity index (χ1) is 4.18. The number of rotatable bonds is 2. The van der Waals surface area contributed by atoms with Crippen molar-refractivity contribution in [3.05, 3.63) is 23.8 Å². The lowest BCUT2D eigenvalue weighted by atomic mass is 10.3. The van der Waals surface area contributed by atoms with Crippen molar-refractivity contribution in [3.8, 4) is 0 Å². The summed E-state index contributed by atoms with van der Waals surface area (Å²) >= 11 is 0. The molecule has 0 nitrogen and oxygen atoms in total. The third-order valence-corrected chi connectivity index (χ3v) is 0.821. The van der Waals surface area contributed by atoms with Crippen molar-refractivity contribution in [1.29, 1.82) is 0 Å². The van der Waals surface area contributed by atoms with Gasteiger partial charge < -0.3 is 0 Å². The van der Waals surface area contributed by atoms with Crippen LogP contribution in [0, 0.1) is 6.08 Å². The van der Waals surface area contributed by atoms with Crippen LogP contribution in [-0.2, 0) is 0 Å². The fourth-order valence-corrected chi connectivity index (χ4v) is 0.310. The van der Waals surface area contributed by atoms with Gasteiger partial charge in [0.25, 0.3) is 6.08 Å². The molecule has 0 spiro atoms. The van der Waals surface area contributed by atoms with Gasteiger partial charge in [-0.3, -0.25) is 0 Å². The maximum atomic E-state index is 11.6. The molecule has 0 heterocycles. The van der Waals surface area contributed by atoms with Crippen LogP contribution in [0.4, 0.5) is 8.78 Å². The predicted octanol–water partition coefficient (Wildman–Crippen LogP) is 2.93. The molecular formula is C7H9F2. The Bertz CT molecular complexity index is 130. The van der Waals surface area contributed by atoms with E-state index in [2.05, 4.69) is 6.08 Å². The summed E-state index contributed by atoms with van der Waals surface area (Å²) in [5.74, 6) is 0. The van der Waals surface area contributed by atoms with Gasteiger partial charge in [-0.05, 0) is 19.4 Å². The molecule has 0 aromatic rings. The molecule has 0 aromatic heterocycles. The molecule has 0 aliphatic carbocycles. The van der Waals surface area contributed by atoms with E-state index in [4.69, 9.17) is 0 Å². The summed E-state index contributed by atoms with van der Waals surface area (Å²) in [6.07, 6.45) is 3.01. The largest absolute Gasteiger partial charge is 0.273 e. The lowest BCUT2D eigenvalue weighted by Gasteiger charge is -1.85. The van der Waals surface area contributed by atoms with Crippen LogP contribution in [0.5, 0.6) is 0 Å². The van der Waals surface area contributed by atoms with Crippen molar-refractivity contribution in [1.82, 2.24) is 0 Å². The fraction of sp³-hybridized carbons (Fsp3) is 0.429. The van der Waals surface area contributed by atoms with Crippen LogP contribution < -0.4 is 0 Å². The van der Waals surface area contributed by atoms with Crippen LogP contribution in [0.3, 0.4) is 0 Å². The van der Waals surface area contributed by atoms with Gasteiger partial charge in [-0.1, -0.05) is 13.0 Å². The van der Waals surface area contributed by atoms with E-state index in [0.717, 1.165) is 0 Å². The lowest BCUT2D eigenvalue weighted by molar-refractivity contribution is 0.414. The Morgan fingerprint density at radius 1 is 1.56 bits per heavy atom. The molecule has 0 N–H and O–H groups in total. The van der Waals surface area contributed by atoms with Gasteiger partial charge in [0.1, 0.15) is 0 Å². The molecule has 0 saturated carbocycles. The van der Waals surface area contributed by atoms with Gasteiger partial charge in [-0.2, -0.15) is 8.78 Å². The Morgan fingerprint density at radius 2 is 2.11 bits per heavy atom. The Morgan fingerprint density at radius 3 is 2.44 bits per heavy atom. The third kappa shape index (κ3) is 3.88. The number of hydrogen-bond acceptors (Lipinski definition) is 0. The second kappa shape index (κ2) is 4.24. The van der Waals surface area contributed by atoms with Crippen LogP contribution in [0.1, 0.15) is 20.3 Å². The minimum atomic E-state index is -1.63. The number of halogens is 2. The zero-order valence-corrected chi connectivity index (χ0v) is 5.54. The molecule has 9 heavy (non-hydrogen) atoms. The van der Waals surface area contributed by atoms with Crippen LogP contribution in [-0.4, -0.2) is 0 Å². The van der Waals surface area contributed by atoms with E-state index in [1.165, 1.54) is 13.0 Å². The monoisotopic (exact) mass is 131 g/mol. The molecule has 0 rings (SSSR count). The second-order valence-corrected chi connectivity index (χ2v) is 1.65. The molecule has 0 amide bonds. The molecular weight excluding hydrogens is 122 g/mol. The lowest BCUT2D eigenvalue weighted by Crippen LogP contribution is -1.69. The highest BCUT2D eigenvalue weighted by Crippen LogP contribution is 2.07. The van der Waals surface area contributed by atoms with Gasteiger partial charge in [0, 0.05) is 5.57 Å². The summed E-state index contributed by atoms with van der Waals surface area (Å²) in [5.41, 5.74) is -0.00292. The molecule has 0 unspecified atom stereocenters. The van der Waals surface area contributed by atoms with E-state index in [0.29, 0.717) is 6.42 Å². The van der Waals surface area contributed by atoms with Crippen molar-refractivity contribution >= 4 is 0 Å². The molecule has 2 heteroatoms. The predicted molar refractivity (Wildman–Crippen MR) is 33.0 cm³/mol. The highest BCUT2D eigenvalue weighted by molar-refractivity contribution is 5.13. The maximum absolute atomic E-state index is 11.6. The average molecular weight is 131 g/mol. The van der Waals surface area contributed by atoms with E-state index >= 15 is 0 Å². The third-order valence-electron chi connectivity index (χ3n) is 0.821. The molecule has 1 radical (unpaired) electrons. The topological polar surface area (TPSA) is 0 Å². The van der Waals surface area contributed by atoms with Crippen LogP contribution in [0.15, 0.2) is 17.7 Å². The van der Waals surface area contributed by atoms with E-state index in [9.17, 15) is 8.78 Å². The zero-order valence-electron chi connectivity index (χ0n) is 5.54. The summed E-state index contributed by atoms with van der Waals surface area (Å²) in [7, 11) is 0. The molecule has 0 saturated heterocycles. The van der Waals surface area contributed by atoms with Crippen molar-refractivity contribution in [3.63, 3.8) is 0 Å². The maximum Gasteiger partial charge on any atom is 0.273 e. The SMILES string of the molecule is CC/[C]=C/C(C)=C(F)F. The molecule has 0 aliphatic heterocycles. The number of allylic oxidation sites excluding steroid dienone is 3. The highest BCUT2D eigenvalue weighted by Gasteiger charge is 1.91. The molecule has 0 bridgehead atoms. The van der Waals surface area contributed by atoms with E-state index in [-0.39, 0.29) is 5.57 Å². The van der Waals surface area contributed by atoms with Gasteiger partial charge in [0.05, 0.1) is 0 Å². The smallest absolute Gasteiger partial charge is 0.173 e. The Balaban J connectivity index is 3.91. The van der Waals surface area contributed by atoms with Gasteiger partial charge >= 0.3 is 0 Å². The van der Waals surface area contributed by atoms with Crippen molar-refractivity contribution in [2.75, 3.05) is 0 Å².